The first kappa shape index (κ1) is 18.0. The van der Waals surface area contributed by atoms with Gasteiger partial charge in [-0.3, -0.25) is 4.72 Å². The molecule has 1 aliphatic rings. The maximum atomic E-state index is 11.3. The van der Waals surface area contributed by atoms with E-state index in [1.807, 2.05) is 38.1 Å². The van der Waals surface area contributed by atoms with Crippen LogP contribution in [0.5, 0.6) is 0 Å². The van der Waals surface area contributed by atoms with Crippen LogP contribution in [0.4, 0.5) is 5.69 Å². The number of ether oxygens (including phenoxy) is 1. The molecule has 0 unspecified atom stereocenters. The number of aromatic amines is 1. The molecule has 2 heterocycles. The van der Waals surface area contributed by atoms with Gasteiger partial charge in [-0.1, -0.05) is 12.1 Å². The topological polar surface area (TPSA) is 83.5 Å². The summed E-state index contributed by atoms with van der Waals surface area (Å²) in [6.45, 7) is 4.05. The third-order valence-electron chi connectivity index (χ3n) is 3.94. The van der Waals surface area contributed by atoms with Crippen LogP contribution >= 0.6 is 0 Å². The highest BCUT2D eigenvalue weighted by molar-refractivity contribution is 7.92. The van der Waals surface area contributed by atoms with Gasteiger partial charge in [0.1, 0.15) is 11.5 Å². The molecule has 0 saturated heterocycles. The zero-order valence-electron chi connectivity index (χ0n) is 15.1. The summed E-state index contributed by atoms with van der Waals surface area (Å²) in [5.41, 5.74) is 6.13. The second-order valence-electron chi connectivity index (χ2n) is 6.24. The fourth-order valence-corrected chi connectivity index (χ4v) is 3.35. The van der Waals surface area contributed by atoms with Crippen molar-refractivity contribution in [3.63, 3.8) is 0 Å². The van der Waals surface area contributed by atoms with Crippen molar-refractivity contribution in [1.29, 1.82) is 0 Å². The summed E-state index contributed by atoms with van der Waals surface area (Å²) in [5, 5.41) is 0. The number of methoxy groups -OCH3 is 1. The third-order valence-corrected chi connectivity index (χ3v) is 4.54. The Morgan fingerprint density at radius 1 is 1.19 bits per heavy atom. The Hall–Kier alpha value is -2.80. The number of aromatic nitrogens is 1. The molecule has 0 amide bonds. The standard InChI is InChI=1S/C19H21N3O3S/c1-12-9-13(2)20-16(12)10-18-19(25-3)11-17(21-18)14-5-7-15(8-6-14)22-26(4,23)24/h5-11,20,22H,1-4H3. The van der Waals surface area contributed by atoms with E-state index in [-0.39, 0.29) is 0 Å². The van der Waals surface area contributed by atoms with Gasteiger partial charge in [0.2, 0.25) is 10.0 Å². The number of aryl methyl sites for hydroxylation is 2. The van der Waals surface area contributed by atoms with Crippen molar-refractivity contribution in [3.05, 3.63) is 70.4 Å². The predicted octanol–water partition coefficient (Wildman–Crippen LogP) is 3.38. The number of nitrogens with one attached hydrogen (secondary N) is 2. The first-order valence-electron chi connectivity index (χ1n) is 8.06. The molecule has 1 aromatic heterocycles. The Morgan fingerprint density at radius 2 is 1.88 bits per heavy atom. The average molecular weight is 371 g/mol. The van der Waals surface area contributed by atoms with Crippen molar-refractivity contribution in [2.75, 3.05) is 18.1 Å². The number of hydrogen-bond acceptors (Lipinski definition) is 4. The molecule has 0 fully saturated rings. The van der Waals surface area contributed by atoms with Crippen LogP contribution in [-0.2, 0) is 14.8 Å². The molecule has 0 saturated carbocycles. The fraction of sp³-hybridized carbons (Fsp3) is 0.211. The summed E-state index contributed by atoms with van der Waals surface area (Å²) in [6.07, 6.45) is 4.96. The fourth-order valence-electron chi connectivity index (χ4n) is 2.79. The van der Waals surface area contributed by atoms with Crippen molar-refractivity contribution in [3.8, 4) is 0 Å². The molecule has 136 valence electrons. The van der Waals surface area contributed by atoms with E-state index in [0.717, 1.165) is 40.2 Å². The van der Waals surface area contributed by atoms with Gasteiger partial charge in [0.25, 0.3) is 0 Å². The van der Waals surface area contributed by atoms with Crippen molar-refractivity contribution in [1.82, 2.24) is 4.98 Å². The number of rotatable bonds is 5. The minimum absolute atomic E-state index is 0.513. The quantitative estimate of drug-likeness (QED) is 0.845. The van der Waals surface area contributed by atoms with Gasteiger partial charge in [-0.05, 0) is 43.7 Å². The van der Waals surface area contributed by atoms with Crippen LogP contribution < -0.4 is 4.72 Å². The van der Waals surface area contributed by atoms with Gasteiger partial charge in [0.05, 0.1) is 19.1 Å². The summed E-state index contributed by atoms with van der Waals surface area (Å²) in [4.78, 5) is 7.97. The van der Waals surface area contributed by atoms with Crippen LogP contribution in [0.2, 0.25) is 0 Å². The molecule has 2 aromatic rings. The molecule has 0 bridgehead atoms. The molecular weight excluding hydrogens is 350 g/mol. The van der Waals surface area contributed by atoms with E-state index in [2.05, 4.69) is 20.8 Å². The van der Waals surface area contributed by atoms with Gasteiger partial charge in [-0.15, -0.1) is 0 Å². The lowest BCUT2D eigenvalue weighted by molar-refractivity contribution is 0.303. The molecule has 0 radical (unpaired) electrons. The maximum absolute atomic E-state index is 11.3. The van der Waals surface area contributed by atoms with E-state index >= 15 is 0 Å². The number of aliphatic imine (C=N–C) groups is 1. The molecule has 0 atom stereocenters. The summed E-state index contributed by atoms with van der Waals surface area (Å²) in [5.74, 6) is 0.685. The van der Waals surface area contributed by atoms with Crippen LogP contribution in [0.1, 0.15) is 22.5 Å². The first-order valence-corrected chi connectivity index (χ1v) is 9.95. The molecule has 0 aliphatic carbocycles. The Morgan fingerprint density at radius 3 is 2.42 bits per heavy atom. The number of allylic oxidation sites excluding steroid dienone is 1. The lowest BCUT2D eigenvalue weighted by Gasteiger charge is -2.04. The molecule has 0 spiro atoms. The van der Waals surface area contributed by atoms with Gasteiger partial charge in [-0.2, -0.15) is 0 Å². The first-order chi connectivity index (χ1) is 12.2. The van der Waals surface area contributed by atoms with Crippen LogP contribution in [-0.4, -0.2) is 32.5 Å². The van der Waals surface area contributed by atoms with E-state index in [4.69, 9.17) is 4.74 Å². The van der Waals surface area contributed by atoms with Gasteiger partial charge in [0.15, 0.2) is 0 Å². The molecule has 3 rings (SSSR count). The van der Waals surface area contributed by atoms with E-state index < -0.39 is 10.0 Å². The van der Waals surface area contributed by atoms with E-state index in [0.29, 0.717) is 11.4 Å². The van der Waals surface area contributed by atoms with E-state index in [9.17, 15) is 8.42 Å². The maximum Gasteiger partial charge on any atom is 0.229 e. The summed E-state index contributed by atoms with van der Waals surface area (Å²) in [7, 11) is -1.68. The van der Waals surface area contributed by atoms with Crippen LogP contribution in [0, 0.1) is 13.8 Å². The minimum atomic E-state index is -3.29. The molecule has 7 heteroatoms. The minimum Gasteiger partial charge on any atom is -0.494 e. The number of hydrogen-bond donors (Lipinski definition) is 2. The monoisotopic (exact) mass is 371 g/mol. The van der Waals surface area contributed by atoms with Gasteiger partial charge < -0.3 is 9.72 Å². The van der Waals surface area contributed by atoms with Crippen molar-refractivity contribution < 1.29 is 13.2 Å². The molecule has 1 aromatic carbocycles. The smallest absolute Gasteiger partial charge is 0.229 e. The Kier molecular flexibility index (Phi) is 4.73. The second kappa shape index (κ2) is 6.84. The molecule has 26 heavy (non-hydrogen) atoms. The number of sulfonamides is 1. The van der Waals surface area contributed by atoms with Gasteiger partial charge in [0, 0.05) is 28.7 Å². The number of nitrogens with zero attached hydrogens (tertiary/aromatic N) is 1. The van der Waals surface area contributed by atoms with Crippen molar-refractivity contribution in [2.24, 2.45) is 4.99 Å². The molecular formula is C19H21N3O3S. The lowest BCUT2D eigenvalue weighted by atomic mass is 10.1. The van der Waals surface area contributed by atoms with E-state index in [1.54, 1.807) is 19.2 Å². The molecule has 2 N–H and O–H groups in total. The zero-order valence-corrected chi connectivity index (χ0v) is 15.9. The number of anilines is 1. The van der Waals surface area contributed by atoms with Crippen molar-refractivity contribution >= 4 is 27.5 Å². The molecule has 6 nitrogen and oxygen atoms in total. The Labute approximate surface area is 153 Å². The average Bonchev–Trinajstić information content (AvgIpc) is 3.10. The summed E-state index contributed by atoms with van der Waals surface area (Å²) < 4.78 is 30.5. The largest absolute Gasteiger partial charge is 0.494 e. The summed E-state index contributed by atoms with van der Waals surface area (Å²) >= 11 is 0. The van der Waals surface area contributed by atoms with Gasteiger partial charge >= 0.3 is 0 Å². The summed E-state index contributed by atoms with van der Waals surface area (Å²) in [6, 6.07) is 9.14. The van der Waals surface area contributed by atoms with Gasteiger partial charge in [-0.25, -0.2) is 13.4 Å². The highest BCUT2D eigenvalue weighted by Gasteiger charge is 2.17. The number of H-pyrrole nitrogens is 1. The normalized spacial score (nSPS) is 15.8. The molecule has 1 aliphatic heterocycles. The Balaban J connectivity index is 1.91. The predicted molar refractivity (Wildman–Crippen MR) is 105 cm³/mol. The lowest BCUT2D eigenvalue weighted by Crippen LogP contribution is -2.09. The van der Waals surface area contributed by atoms with Crippen LogP contribution in [0.3, 0.4) is 0 Å². The highest BCUT2D eigenvalue weighted by Crippen LogP contribution is 2.26. The van der Waals surface area contributed by atoms with Crippen molar-refractivity contribution in [2.45, 2.75) is 13.8 Å². The SMILES string of the molecule is COC1=CC(c2ccc(NS(C)(=O)=O)cc2)=NC1=Cc1[nH]c(C)cc1C. The van der Waals surface area contributed by atoms with E-state index in [1.165, 1.54) is 0 Å². The Bertz CT molecular complexity index is 1030. The number of benzene rings is 1. The second-order valence-corrected chi connectivity index (χ2v) is 7.99. The highest BCUT2D eigenvalue weighted by atomic mass is 32.2. The van der Waals surface area contributed by atoms with Crippen LogP contribution in [0.15, 0.2) is 52.9 Å². The third kappa shape index (κ3) is 4.05. The van der Waals surface area contributed by atoms with Crippen LogP contribution in [0.25, 0.3) is 6.08 Å². The zero-order chi connectivity index (χ0) is 18.9.